The van der Waals surface area contributed by atoms with Crippen LogP contribution in [-0.2, 0) is 6.54 Å². The summed E-state index contributed by atoms with van der Waals surface area (Å²) >= 11 is 0. The molecular weight excluding hydrogens is 248 g/mol. The van der Waals surface area contributed by atoms with Gasteiger partial charge in [-0.3, -0.25) is 4.90 Å². The summed E-state index contributed by atoms with van der Waals surface area (Å²) in [5, 5.41) is 3.43. The maximum Gasteiger partial charge on any atom is 0.142 e. The molecule has 104 valence electrons. The fourth-order valence-electron chi connectivity index (χ4n) is 2.57. The first-order valence-electron chi connectivity index (χ1n) is 7.03. The van der Waals surface area contributed by atoms with Crippen LogP contribution in [0.1, 0.15) is 5.56 Å². The van der Waals surface area contributed by atoms with Crippen LogP contribution in [0, 0.1) is 0 Å². The average molecular weight is 268 g/mol. The second kappa shape index (κ2) is 5.97. The summed E-state index contributed by atoms with van der Waals surface area (Å²) in [5.41, 5.74) is 2.42. The number of nitrogens with one attached hydrogen (secondary N) is 1. The molecule has 1 unspecified atom stereocenters. The van der Waals surface area contributed by atoms with Crippen LogP contribution in [0.5, 0.6) is 5.75 Å². The Labute approximate surface area is 120 Å². The molecule has 3 heteroatoms. The van der Waals surface area contributed by atoms with Crippen LogP contribution in [0.15, 0.2) is 54.6 Å². The number of ether oxygens (including phenoxy) is 1. The van der Waals surface area contributed by atoms with Gasteiger partial charge in [0.15, 0.2) is 0 Å². The second-order valence-corrected chi connectivity index (χ2v) is 5.30. The van der Waals surface area contributed by atoms with Gasteiger partial charge in [0.05, 0.1) is 12.2 Å². The fourth-order valence-corrected chi connectivity index (χ4v) is 2.57. The van der Waals surface area contributed by atoms with Crippen LogP contribution >= 0.6 is 0 Å². The van der Waals surface area contributed by atoms with Gasteiger partial charge >= 0.3 is 0 Å². The second-order valence-electron chi connectivity index (χ2n) is 5.30. The highest BCUT2D eigenvalue weighted by molar-refractivity contribution is 5.57. The van der Waals surface area contributed by atoms with Crippen LogP contribution in [0.2, 0.25) is 0 Å². The van der Waals surface area contributed by atoms with E-state index in [0.29, 0.717) is 0 Å². The van der Waals surface area contributed by atoms with Crippen molar-refractivity contribution in [3.05, 3.63) is 60.2 Å². The zero-order valence-electron chi connectivity index (χ0n) is 11.8. The van der Waals surface area contributed by atoms with Crippen molar-refractivity contribution in [2.75, 3.05) is 25.5 Å². The van der Waals surface area contributed by atoms with Gasteiger partial charge in [0, 0.05) is 13.1 Å². The van der Waals surface area contributed by atoms with E-state index in [9.17, 15) is 0 Å². The third-order valence-corrected chi connectivity index (χ3v) is 3.51. The van der Waals surface area contributed by atoms with Gasteiger partial charge in [-0.05, 0) is 24.7 Å². The summed E-state index contributed by atoms with van der Waals surface area (Å²) in [6.07, 6.45) is 0.193. The lowest BCUT2D eigenvalue weighted by Gasteiger charge is -2.30. The molecule has 0 aromatic heterocycles. The lowest BCUT2D eigenvalue weighted by atomic mass is 10.2. The maximum atomic E-state index is 6.04. The molecule has 2 aromatic rings. The standard InChI is InChI=1S/C17H20N2O/c1-19(12-14-7-3-2-4-8-14)13-15-11-18-16-9-5-6-10-17(16)20-15/h2-10,15,18H,11-13H2,1H3. The van der Waals surface area contributed by atoms with Gasteiger partial charge in [0.2, 0.25) is 0 Å². The summed E-state index contributed by atoms with van der Waals surface area (Å²) in [5.74, 6) is 0.955. The van der Waals surface area contributed by atoms with Crippen molar-refractivity contribution in [1.82, 2.24) is 4.90 Å². The highest BCUT2D eigenvalue weighted by Crippen LogP contribution is 2.28. The summed E-state index contributed by atoms with van der Waals surface area (Å²) in [6.45, 7) is 2.72. The molecule has 0 aliphatic carbocycles. The molecule has 0 amide bonds. The Morgan fingerprint density at radius 1 is 1.10 bits per heavy atom. The monoisotopic (exact) mass is 268 g/mol. The molecule has 3 rings (SSSR count). The van der Waals surface area contributed by atoms with Crippen molar-refractivity contribution < 1.29 is 4.74 Å². The molecule has 0 fully saturated rings. The average Bonchev–Trinajstić information content (AvgIpc) is 2.48. The van der Waals surface area contributed by atoms with Gasteiger partial charge in [-0.2, -0.15) is 0 Å². The molecule has 0 saturated heterocycles. The number of hydrogen-bond donors (Lipinski definition) is 1. The van der Waals surface area contributed by atoms with E-state index in [0.717, 1.165) is 31.1 Å². The molecule has 3 nitrogen and oxygen atoms in total. The SMILES string of the molecule is CN(Cc1ccccc1)CC1CNc2ccccc2O1. The quantitative estimate of drug-likeness (QED) is 0.922. The molecule has 1 aliphatic heterocycles. The van der Waals surface area contributed by atoms with Gasteiger partial charge < -0.3 is 10.1 Å². The number of benzene rings is 2. The van der Waals surface area contributed by atoms with Gasteiger partial charge in [-0.1, -0.05) is 42.5 Å². The van der Waals surface area contributed by atoms with E-state index in [1.807, 2.05) is 18.2 Å². The van der Waals surface area contributed by atoms with E-state index in [2.05, 4.69) is 53.7 Å². The molecule has 1 N–H and O–H groups in total. The van der Waals surface area contributed by atoms with Crippen molar-refractivity contribution in [2.45, 2.75) is 12.6 Å². The van der Waals surface area contributed by atoms with Crippen molar-refractivity contribution in [2.24, 2.45) is 0 Å². The van der Waals surface area contributed by atoms with Gasteiger partial charge in [0.25, 0.3) is 0 Å². The van der Waals surface area contributed by atoms with Gasteiger partial charge in [0.1, 0.15) is 11.9 Å². The zero-order chi connectivity index (χ0) is 13.8. The predicted octanol–water partition coefficient (Wildman–Crippen LogP) is 2.99. The Morgan fingerprint density at radius 3 is 2.70 bits per heavy atom. The number of fused-ring (bicyclic) bond motifs is 1. The molecule has 2 aromatic carbocycles. The number of para-hydroxylation sites is 2. The fraction of sp³-hybridized carbons (Fsp3) is 0.294. The summed E-state index contributed by atoms with van der Waals surface area (Å²) in [7, 11) is 2.14. The Morgan fingerprint density at radius 2 is 1.85 bits per heavy atom. The largest absolute Gasteiger partial charge is 0.485 e. The van der Waals surface area contributed by atoms with E-state index < -0.39 is 0 Å². The van der Waals surface area contributed by atoms with Crippen molar-refractivity contribution in [3.63, 3.8) is 0 Å². The molecule has 0 bridgehead atoms. The third kappa shape index (κ3) is 3.11. The van der Waals surface area contributed by atoms with Crippen LogP contribution in [-0.4, -0.2) is 31.1 Å². The smallest absolute Gasteiger partial charge is 0.142 e. The highest BCUT2D eigenvalue weighted by atomic mass is 16.5. The van der Waals surface area contributed by atoms with E-state index in [1.165, 1.54) is 5.56 Å². The lowest BCUT2D eigenvalue weighted by molar-refractivity contribution is 0.148. The Bertz CT molecular complexity index is 556. The normalized spacial score (nSPS) is 17.2. The first kappa shape index (κ1) is 13.0. The lowest BCUT2D eigenvalue weighted by Crippen LogP contribution is -2.40. The first-order chi connectivity index (χ1) is 9.81. The number of nitrogens with zero attached hydrogens (tertiary/aromatic N) is 1. The minimum absolute atomic E-state index is 0.193. The summed E-state index contributed by atoms with van der Waals surface area (Å²) in [6, 6.07) is 18.6. The Hall–Kier alpha value is -2.00. The van der Waals surface area contributed by atoms with Crippen molar-refractivity contribution in [1.29, 1.82) is 0 Å². The van der Waals surface area contributed by atoms with E-state index in [-0.39, 0.29) is 6.10 Å². The van der Waals surface area contributed by atoms with E-state index >= 15 is 0 Å². The number of hydrogen-bond acceptors (Lipinski definition) is 3. The summed E-state index contributed by atoms with van der Waals surface area (Å²) in [4.78, 5) is 2.30. The van der Waals surface area contributed by atoms with Crippen molar-refractivity contribution in [3.8, 4) is 5.75 Å². The minimum Gasteiger partial charge on any atom is -0.485 e. The number of anilines is 1. The van der Waals surface area contributed by atoms with Crippen LogP contribution in [0.4, 0.5) is 5.69 Å². The molecular formula is C17H20N2O. The van der Waals surface area contributed by atoms with Crippen LogP contribution in [0.25, 0.3) is 0 Å². The first-order valence-corrected chi connectivity index (χ1v) is 7.03. The minimum atomic E-state index is 0.193. The van der Waals surface area contributed by atoms with E-state index in [4.69, 9.17) is 4.74 Å². The Kier molecular flexibility index (Phi) is 3.88. The van der Waals surface area contributed by atoms with Gasteiger partial charge in [-0.25, -0.2) is 0 Å². The predicted molar refractivity (Wildman–Crippen MR) is 82.1 cm³/mol. The molecule has 20 heavy (non-hydrogen) atoms. The summed E-state index contributed by atoms with van der Waals surface area (Å²) < 4.78 is 6.04. The highest BCUT2D eigenvalue weighted by Gasteiger charge is 2.20. The molecule has 0 saturated carbocycles. The molecule has 1 heterocycles. The van der Waals surface area contributed by atoms with Gasteiger partial charge in [-0.15, -0.1) is 0 Å². The topological polar surface area (TPSA) is 24.5 Å². The van der Waals surface area contributed by atoms with Crippen molar-refractivity contribution >= 4 is 5.69 Å². The number of likely N-dealkylation sites (N-methyl/N-ethyl adjacent to an activating group) is 1. The van der Waals surface area contributed by atoms with Crippen LogP contribution in [0.3, 0.4) is 0 Å². The Balaban J connectivity index is 1.57. The zero-order valence-corrected chi connectivity index (χ0v) is 11.8. The molecule has 1 atom stereocenters. The van der Waals surface area contributed by atoms with Crippen LogP contribution < -0.4 is 10.1 Å². The third-order valence-electron chi connectivity index (χ3n) is 3.51. The molecule has 0 radical (unpaired) electrons. The molecule has 1 aliphatic rings. The molecule has 0 spiro atoms. The maximum absolute atomic E-state index is 6.04. The number of rotatable bonds is 4. The van der Waals surface area contributed by atoms with E-state index in [1.54, 1.807) is 0 Å².